The van der Waals surface area contributed by atoms with Crippen LogP contribution < -0.4 is 10.6 Å². The third-order valence-electron chi connectivity index (χ3n) is 3.41. The number of nitrogens with one attached hydrogen (secondary N) is 1. The van der Waals surface area contributed by atoms with Crippen LogP contribution in [0.5, 0.6) is 0 Å². The van der Waals surface area contributed by atoms with Gasteiger partial charge in [0, 0.05) is 32.4 Å². The van der Waals surface area contributed by atoms with Gasteiger partial charge in [0.1, 0.15) is 5.82 Å². The highest BCUT2D eigenvalue weighted by atomic mass is 16.2. The Morgan fingerprint density at radius 3 is 2.60 bits per heavy atom. The quantitative estimate of drug-likeness (QED) is 0.823. The van der Waals surface area contributed by atoms with Crippen molar-refractivity contribution in [3.8, 4) is 0 Å². The minimum atomic E-state index is 0.0173. The summed E-state index contributed by atoms with van der Waals surface area (Å²) in [5.41, 5.74) is 6.89. The van der Waals surface area contributed by atoms with Crippen LogP contribution in [-0.4, -0.2) is 52.2 Å². The first-order valence-corrected chi connectivity index (χ1v) is 6.48. The number of rotatable bonds is 2. The number of hydrogen-bond acceptors (Lipinski definition) is 5. The van der Waals surface area contributed by atoms with Crippen LogP contribution in [0.15, 0.2) is 30.7 Å². The summed E-state index contributed by atoms with van der Waals surface area (Å²) in [4.78, 5) is 20.5. The molecule has 1 aliphatic rings. The molecular weight excluding hydrogens is 256 g/mol. The van der Waals surface area contributed by atoms with Crippen LogP contribution >= 0.6 is 0 Å². The van der Waals surface area contributed by atoms with E-state index in [1.165, 1.54) is 0 Å². The average molecular weight is 272 g/mol. The Morgan fingerprint density at radius 1 is 1.20 bits per heavy atom. The van der Waals surface area contributed by atoms with Crippen LogP contribution in [0.25, 0.3) is 0 Å². The number of piperazine rings is 1. The van der Waals surface area contributed by atoms with Gasteiger partial charge in [-0.15, -0.1) is 0 Å². The molecule has 1 saturated heterocycles. The highest BCUT2D eigenvalue weighted by Gasteiger charge is 2.23. The molecule has 0 aliphatic carbocycles. The van der Waals surface area contributed by atoms with E-state index in [0.717, 1.165) is 18.9 Å². The van der Waals surface area contributed by atoms with Gasteiger partial charge in [-0.1, -0.05) is 0 Å². The maximum Gasteiger partial charge on any atom is 0.257 e. The zero-order valence-electron chi connectivity index (χ0n) is 11.0. The highest BCUT2D eigenvalue weighted by Crippen LogP contribution is 2.15. The topological polar surface area (TPSA) is 91.1 Å². The molecule has 1 amide bonds. The molecule has 0 spiro atoms. The standard InChI is InChI=1S/C13H16N6O/c14-11-1-2-12(15-9-11)18-3-5-19(6-4-18)13(20)10-7-16-17-8-10/h1-2,7-9H,3-6,14H2,(H,16,17). The van der Waals surface area contributed by atoms with Gasteiger partial charge < -0.3 is 15.5 Å². The third kappa shape index (κ3) is 2.42. The summed E-state index contributed by atoms with van der Waals surface area (Å²) in [5.74, 6) is 0.915. The first-order chi connectivity index (χ1) is 9.74. The number of nitrogen functional groups attached to an aromatic ring is 1. The number of aromatic nitrogens is 3. The lowest BCUT2D eigenvalue weighted by atomic mass is 10.2. The highest BCUT2D eigenvalue weighted by molar-refractivity contribution is 5.93. The number of carbonyl (C=O) groups excluding carboxylic acids is 1. The van der Waals surface area contributed by atoms with Gasteiger partial charge in [-0.25, -0.2) is 4.98 Å². The predicted molar refractivity (Wildman–Crippen MR) is 75.4 cm³/mol. The molecule has 3 heterocycles. The average Bonchev–Trinajstić information content (AvgIpc) is 3.02. The zero-order valence-corrected chi connectivity index (χ0v) is 11.0. The molecule has 0 radical (unpaired) electrons. The van der Waals surface area contributed by atoms with Gasteiger partial charge in [0.25, 0.3) is 5.91 Å². The van der Waals surface area contributed by atoms with E-state index in [4.69, 9.17) is 5.73 Å². The molecule has 0 bridgehead atoms. The van der Waals surface area contributed by atoms with E-state index in [9.17, 15) is 4.79 Å². The number of amides is 1. The molecule has 0 unspecified atom stereocenters. The first kappa shape index (κ1) is 12.5. The summed E-state index contributed by atoms with van der Waals surface area (Å²) >= 11 is 0. The number of hydrogen-bond donors (Lipinski definition) is 2. The van der Waals surface area contributed by atoms with Crippen molar-refractivity contribution in [3.05, 3.63) is 36.3 Å². The summed E-state index contributed by atoms with van der Waals surface area (Å²) in [6, 6.07) is 3.74. The predicted octanol–water partition coefficient (Wildman–Crippen LogP) is 0.349. The number of pyridine rings is 1. The minimum absolute atomic E-state index is 0.0173. The molecule has 20 heavy (non-hydrogen) atoms. The van der Waals surface area contributed by atoms with Crippen LogP contribution in [0.4, 0.5) is 11.5 Å². The van der Waals surface area contributed by atoms with Gasteiger partial charge in [-0.2, -0.15) is 5.10 Å². The number of nitrogens with zero attached hydrogens (tertiary/aromatic N) is 4. The molecule has 2 aromatic heterocycles. The van der Waals surface area contributed by atoms with Crippen molar-refractivity contribution in [2.24, 2.45) is 0 Å². The number of anilines is 2. The monoisotopic (exact) mass is 272 g/mol. The van der Waals surface area contributed by atoms with Crippen LogP contribution in [0, 0.1) is 0 Å². The fraction of sp³-hybridized carbons (Fsp3) is 0.308. The number of carbonyl (C=O) groups is 1. The van der Waals surface area contributed by atoms with Crippen molar-refractivity contribution < 1.29 is 4.79 Å². The molecule has 0 saturated carbocycles. The maximum atomic E-state index is 12.2. The van der Waals surface area contributed by atoms with Gasteiger partial charge >= 0.3 is 0 Å². The molecule has 3 rings (SSSR count). The Kier molecular flexibility index (Phi) is 3.24. The van der Waals surface area contributed by atoms with Crippen molar-refractivity contribution >= 4 is 17.4 Å². The molecule has 3 N–H and O–H groups in total. The lowest BCUT2D eigenvalue weighted by Gasteiger charge is -2.35. The fourth-order valence-electron chi connectivity index (χ4n) is 2.27. The smallest absolute Gasteiger partial charge is 0.257 e. The summed E-state index contributed by atoms with van der Waals surface area (Å²) in [7, 11) is 0. The lowest BCUT2D eigenvalue weighted by Crippen LogP contribution is -2.49. The second-order valence-electron chi connectivity index (χ2n) is 4.72. The van der Waals surface area contributed by atoms with Crippen LogP contribution in [0.2, 0.25) is 0 Å². The lowest BCUT2D eigenvalue weighted by molar-refractivity contribution is 0.0746. The summed E-state index contributed by atoms with van der Waals surface area (Å²) in [6.07, 6.45) is 4.82. The third-order valence-corrected chi connectivity index (χ3v) is 3.41. The molecule has 0 aromatic carbocycles. The van der Waals surface area contributed by atoms with Crippen molar-refractivity contribution in [1.29, 1.82) is 0 Å². The second kappa shape index (κ2) is 5.20. The number of H-pyrrole nitrogens is 1. The van der Waals surface area contributed by atoms with Crippen molar-refractivity contribution in [3.63, 3.8) is 0 Å². The van der Waals surface area contributed by atoms with Gasteiger partial charge in [0.15, 0.2) is 0 Å². The van der Waals surface area contributed by atoms with E-state index in [0.29, 0.717) is 24.3 Å². The molecule has 1 aliphatic heterocycles. The van der Waals surface area contributed by atoms with Gasteiger partial charge in [-0.05, 0) is 12.1 Å². The molecule has 0 atom stereocenters. The van der Waals surface area contributed by atoms with Crippen molar-refractivity contribution in [2.75, 3.05) is 36.8 Å². The maximum absolute atomic E-state index is 12.2. The van der Waals surface area contributed by atoms with Gasteiger partial charge in [0.05, 0.1) is 23.6 Å². The molecule has 2 aromatic rings. The minimum Gasteiger partial charge on any atom is -0.397 e. The number of nitrogens with two attached hydrogens (primary N) is 1. The summed E-state index contributed by atoms with van der Waals surface area (Å²) < 4.78 is 0. The molecule has 1 fully saturated rings. The summed E-state index contributed by atoms with van der Waals surface area (Å²) in [5, 5.41) is 6.46. The largest absolute Gasteiger partial charge is 0.397 e. The first-order valence-electron chi connectivity index (χ1n) is 6.48. The van der Waals surface area contributed by atoms with Crippen LogP contribution in [0.1, 0.15) is 10.4 Å². The SMILES string of the molecule is Nc1ccc(N2CCN(C(=O)c3cn[nH]c3)CC2)nc1. The van der Waals surface area contributed by atoms with E-state index >= 15 is 0 Å². The molecule has 7 nitrogen and oxygen atoms in total. The van der Waals surface area contributed by atoms with Crippen molar-refractivity contribution in [2.45, 2.75) is 0 Å². The Hall–Kier alpha value is -2.57. The van der Waals surface area contributed by atoms with Gasteiger partial charge in [-0.3, -0.25) is 9.89 Å². The van der Waals surface area contributed by atoms with E-state index in [1.54, 1.807) is 18.6 Å². The van der Waals surface area contributed by atoms with E-state index in [1.807, 2.05) is 17.0 Å². The Labute approximate surface area is 116 Å². The van der Waals surface area contributed by atoms with Crippen molar-refractivity contribution in [1.82, 2.24) is 20.1 Å². The fourth-order valence-corrected chi connectivity index (χ4v) is 2.27. The van der Waals surface area contributed by atoms with E-state index < -0.39 is 0 Å². The Bertz CT molecular complexity index is 571. The van der Waals surface area contributed by atoms with Crippen LogP contribution in [0.3, 0.4) is 0 Å². The van der Waals surface area contributed by atoms with Crippen LogP contribution in [-0.2, 0) is 0 Å². The Balaban J connectivity index is 1.62. The molecular formula is C13H16N6O. The Morgan fingerprint density at radius 2 is 2.00 bits per heavy atom. The normalized spacial score (nSPS) is 15.4. The van der Waals surface area contributed by atoms with E-state index in [2.05, 4.69) is 20.1 Å². The number of aromatic amines is 1. The zero-order chi connectivity index (χ0) is 13.9. The van der Waals surface area contributed by atoms with Gasteiger partial charge in [0.2, 0.25) is 0 Å². The molecule has 7 heteroatoms. The summed E-state index contributed by atoms with van der Waals surface area (Å²) in [6.45, 7) is 2.88. The van der Waals surface area contributed by atoms with E-state index in [-0.39, 0.29) is 5.91 Å². The second-order valence-corrected chi connectivity index (χ2v) is 4.72. The molecule has 104 valence electrons.